The summed E-state index contributed by atoms with van der Waals surface area (Å²) in [5, 5.41) is 10.8. The second-order valence-corrected chi connectivity index (χ2v) is 9.18. The Hall–Kier alpha value is -4.23. The van der Waals surface area contributed by atoms with Crippen LogP contribution in [0.5, 0.6) is 0 Å². The van der Waals surface area contributed by atoms with E-state index in [0.717, 1.165) is 0 Å². The minimum absolute atomic E-state index is 0.0320. The van der Waals surface area contributed by atoms with E-state index in [0.29, 0.717) is 42.2 Å². The second kappa shape index (κ2) is 12.6. The molecule has 1 aliphatic rings. The minimum Gasteiger partial charge on any atom is -0.446 e. The topological polar surface area (TPSA) is 93.9 Å². The van der Waals surface area contributed by atoms with Crippen molar-refractivity contribution in [3.8, 4) is 6.07 Å². The molecule has 0 N–H and O–H groups in total. The van der Waals surface area contributed by atoms with Crippen LogP contribution in [0.1, 0.15) is 22.2 Å². The van der Waals surface area contributed by atoms with E-state index in [2.05, 4.69) is 13.2 Å². The summed E-state index contributed by atoms with van der Waals surface area (Å²) in [5.74, 6) is -2.15. The van der Waals surface area contributed by atoms with Crippen molar-refractivity contribution in [2.24, 2.45) is 0 Å². The molecule has 1 aliphatic heterocycles. The summed E-state index contributed by atoms with van der Waals surface area (Å²) >= 11 is 1.37. The van der Waals surface area contributed by atoms with Crippen LogP contribution in [0.4, 0.5) is 4.39 Å². The van der Waals surface area contributed by atoms with Crippen molar-refractivity contribution in [1.29, 1.82) is 5.26 Å². The Bertz CT molecular complexity index is 1240. The average molecular weight is 523 g/mol. The lowest BCUT2D eigenvalue weighted by atomic mass is 10.0. The zero-order valence-electron chi connectivity index (χ0n) is 20.5. The Morgan fingerprint density at radius 2 is 1.81 bits per heavy atom. The molecule has 1 saturated heterocycles. The molecule has 2 aromatic rings. The molecule has 0 bridgehead atoms. The molecule has 3 rings (SSSR count). The molecule has 0 aliphatic carbocycles. The fourth-order valence-corrected chi connectivity index (χ4v) is 4.63. The summed E-state index contributed by atoms with van der Waals surface area (Å²) in [4.78, 5) is 44.9. The molecule has 1 aromatic carbocycles. The van der Waals surface area contributed by atoms with Crippen LogP contribution in [0.25, 0.3) is 0 Å². The van der Waals surface area contributed by atoms with Crippen LogP contribution in [0.2, 0.25) is 0 Å². The number of thiophene rings is 1. The van der Waals surface area contributed by atoms with E-state index in [1.54, 1.807) is 24.0 Å². The summed E-state index contributed by atoms with van der Waals surface area (Å²) in [6, 6.07) is 10.9. The summed E-state index contributed by atoms with van der Waals surface area (Å²) < 4.78 is 18.4. The van der Waals surface area contributed by atoms with Gasteiger partial charge in [-0.15, -0.1) is 11.3 Å². The predicted molar refractivity (Wildman–Crippen MR) is 137 cm³/mol. The lowest BCUT2D eigenvalue weighted by molar-refractivity contribution is -0.141. The second-order valence-electron chi connectivity index (χ2n) is 8.24. The number of benzene rings is 1. The van der Waals surface area contributed by atoms with E-state index >= 15 is 0 Å². The summed E-state index contributed by atoms with van der Waals surface area (Å²) in [6.45, 7) is 10.3. The Labute approximate surface area is 219 Å². The van der Waals surface area contributed by atoms with E-state index in [9.17, 15) is 18.8 Å². The third-order valence-corrected chi connectivity index (χ3v) is 6.55. The number of nitrogens with zero attached hydrogens (tertiary/aromatic N) is 4. The van der Waals surface area contributed by atoms with E-state index in [4.69, 9.17) is 10.00 Å². The van der Waals surface area contributed by atoms with Crippen molar-refractivity contribution in [1.82, 2.24) is 14.7 Å². The fraction of sp³-hybridized carbons (Fsp3) is 0.259. The standard InChI is InChI=1S/C27H27FN4O4S/c1-4-30(18-20-7-9-21(28)10-8-20)26(34)23(27(35)36-16-11-29)24(19(2)3)31-12-14-32(15-13-31)25(33)22-6-5-17-37-22/h4-10,17H,1-2,12-16,18H2,3H3/b24-23-. The maximum Gasteiger partial charge on any atom is 0.346 e. The molecule has 1 fully saturated rings. The highest BCUT2D eigenvalue weighted by atomic mass is 32.1. The lowest BCUT2D eigenvalue weighted by Gasteiger charge is -2.38. The Balaban J connectivity index is 1.92. The number of hydrogen-bond acceptors (Lipinski definition) is 7. The number of carbonyl (C=O) groups excluding carboxylic acids is 3. The van der Waals surface area contributed by atoms with Crippen molar-refractivity contribution in [2.75, 3.05) is 32.8 Å². The smallest absolute Gasteiger partial charge is 0.346 e. The monoisotopic (exact) mass is 522 g/mol. The zero-order valence-corrected chi connectivity index (χ0v) is 21.3. The van der Waals surface area contributed by atoms with Gasteiger partial charge in [0.15, 0.2) is 6.61 Å². The Kier molecular flexibility index (Phi) is 9.35. The van der Waals surface area contributed by atoms with Gasteiger partial charge in [0, 0.05) is 32.4 Å². The predicted octanol–water partition coefficient (Wildman–Crippen LogP) is 3.71. The maximum absolute atomic E-state index is 13.7. The third-order valence-electron chi connectivity index (χ3n) is 5.69. The largest absolute Gasteiger partial charge is 0.446 e. The summed E-state index contributed by atoms with van der Waals surface area (Å²) in [5.41, 5.74) is 1.06. The first-order valence-corrected chi connectivity index (χ1v) is 12.3. The van der Waals surface area contributed by atoms with Crippen LogP contribution < -0.4 is 0 Å². The van der Waals surface area contributed by atoms with Crippen LogP contribution in [-0.4, -0.2) is 65.3 Å². The first-order valence-electron chi connectivity index (χ1n) is 11.5. The van der Waals surface area contributed by atoms with Gasteiger partial charge in [0.25, 0.3) is 11.8 Å². The number of allylic oxidation sites excluding steroid dienone is 1. The molecule has 0 radical (unpaired) electrons. The highest BCUT2D eigenvalue weighted by Gasteiger charge is 2.33. The third kappa shape index (κ3) is 6.71. The van der Waals surface area contributed by atoms with E-state index in [-0.39, 0.29) is 23.7 Å². The zero-order chi connectivity index (χ0) is 26.9. The molecule has 2 heterocycles. The minimum atomic E-state index is -0.965. The van der Waals surface area contributed by atoms with E-state index < -0.39 is 24.3 Å². The average Bonchev–Trinajstić information content (AvgIpc) is 3.44. The van der Waals surface area contributed by atoms with Crippen molar-refractivity contribution in [3.05, 3.63) is 94.2 Å². The molecule has 37 heavy (non-hydrogen) atoms. The van der Waals surface area contributed by atoms with Gasteiger partial charge in [-0.3, -0.25) is 9.59 Å². The van der Waals surface area contributed by atoms with Crippen molar-refractivity contribution < 1.29 is 23.5 Å². The molecule has 192 valence electrons. The number of nitriles is 1. The van der Waals surface area contributed by atoms with Gasteiger partial charge in [-0.2, -0.15) is 5.26 Å². The summed E-state index contributed by atoms with van der Waals surface area (Å²) in [6.07, 6.45) is 1.27. The Morgan fingerprint density at radius 1 is 1.16 bits per heavy atom. The molecule has 1 aromatic heterocycles. The van der Waals surface area contributed by atoms with Crippen molar-refractivity contribution >= 4 is 29.1 Å². The van der Waals surface area contributed by atoms with Gasteiger partial charge in [-0.1, -0.05) is 31.4 Å². The molecular formula is C27H27FN4O4S. The number of carbonyl (C=O) groups is 3. The van der Waals surface area contributed by atoms with E-state index in [1.165, 1.54) is 46.7 Å². The normalized spacial score (nSPS) is 13.8. The van der Waals surface area contributed by atoms with Gasteiger partial charge in [0.1, 0.15) is 17.5 Å². The molecule has 0 saturated carbocycles. The number of esters is 1. The lowest BCUT2D eigenvalue weighted by Crippen LogP contribution is -2.49. The fourth-order valence-electron chi connectivity index (χ4n) is 3.94. The molecule has 0 atom stereocenters. The molecule has 8 nitrogen and oxygen atoms in total. The molecule has 0 unspecified atom stereocenters. The number of rotatable bonds is 9. The van der Waals surface area contributed by atoms with Crippen LogP contribution in [-0.2, 0) is 20.9 Å². The van der Waals surface area contributed by atoms with Crippen LogP contribution in [0.15, 0.2) is 78.0 Å². The van der Waals surface area contributed by atoms with Gasteiger partial charge in [0.2, 0.25) is 0 Å². The van der Waals surface area contributed by atoms with Crippen LogP contribution in [0.3, 0.4) is 0 Å². The maximum atomic E-state index is 13.7. The summed E-state index contributed by atoms with van der Waals surface area (Å²) in [7, 11) is 0. The van der Waals surface area contributed by atoms with E-state index in [1.807, 2.05) is 16.3 Å². The quantitative estimate of drug-likeness (QED) is 0.164. The Morgan fingerprint density at radius 3 is 2.35 bits per heavy atom. The SMILES string of the molecule is C=CN(Cc1ccc(F)cc1)C(=O)/C(C(=O)OCC#N)=C(\C(=C)C)N1CCN(C(=O)c2cccs2)CC1. The molecular weight excluding hydrogens is 495 g/mol. The molecule has 2 amide bonds. The van der Waals surface area contributed by atoms with Gasteiger partial charge in [-0.25, -0.2) is 9.18 Å². The first kappa shape index (κ1) is 27.4. The van der Waals surface area contributed by atoms with Gasteiger partial charge in [-0.05, 0) is 41.6 Å². The highest BCUT2D eigenvalue weighted by Crippen LogP contribution is 2.25. The molecule has 0 spiro atoms. The number of piperazine rings is 1. The van der Waals surface area contributed by atoms with Crippen molar-refractivity contribution in [2.45, 2.75) is 13.5 Å². The van der Waals surface area contributed by atoms with Crippen LogP contribution in [0, 0.1) is 17.1 Å². The highest BCUT2D eigenvalue weighted by molar-refractivity contribution is 7.12. The number of halogens is 1. The van der Waals surface area contributed by atoms with Gasteiger partial charge < -0.3 is 19.4 Å². The number of ether oxygens (including phenoxy) is 1. The number of amides is 2. The van der Waals surface area contributed by atoms with Crippen molar-refractivity contribution in [3.63, 3.8) is 0 Å². The number of hydrogen-bond donors (Lipinski definition) is 0. The van der Waals surface area contributed by atoms with Gasteiger partial charge in [0.05, 0.1) is 17.1 Å². The van der Waals surface area contributed by atoms with Gasteiger partial charge >= 0.3 is 5.97 Å². The van der Waals surface area contributed by atoms with Crippen LogP contribution >= 0.6 is 11.3 Å². The first-order chi connectivity index (χ1) is 17.8. The molecule has 10 heteroatoms.